The molecule has 0 spiro atoms. The van der Waals surface area contributed by atoms with Gasteiger partial charge in [-0.2, -0.15) is 4.40 Å². The zero-order valence-corrected chi connectivity index (χ0v) is 11.2. The average molecular weight is 257 g/mol. The third-order valence-corrected chi connectivity index (χ3v) is 3.35. The molecule has 0 unspecified atom stereocenters. The lowest BCUT2D eigenvalue weighted by Crippen LogP contribution is -2.19. The van der Waals surface area contributed by atoms with Crippen LogP contribution in [-0.4, -0.2) is 22.3 Å². The smallest absolute Gasteiger partial charge is 0.144 e. The molecule has 0 bridgehead atoms. The average Bonchev–Trinajstić information content (AvgIpc) is 2.25. The molecule has 0 aliphatic heterocycles. The van der Waals surface area contributed by atoms with Crippen LogP contribution in [0.5, 0.6) is 5.75 Å². The minimum Gasteiger partial charge on any atom is -0.496 e. The number of nitrogens with zero attached hydrogens (tertiary/aromatic N) is 1. The van der Waals surface area contributed by atoms with Crippen LogP contribution < -0.4 is 4.74 Å². The monoisotopic (exact) mass is 257 g/mol. The normalized spacial score (nSPS) is 13.9. The molecule has 0 amide bonds. The molecule has 0 saturated heterocycles. The Bertz CT molecular complexity index is 452. The fourth-order valence-electron chi connectivity index (χ4n) is 1.05. The van der Waals surface area contributed by atoms with Crippen LogP contribution in [0.15, 0.2) is 22.6 Å². The van der Waals surface area contributed by atoms with Crippen molar-refractivity contribution < 1.29 is 13.3 Å². The second-order valence-electron chi connectivity index (χ2n) is 4.48. The molecule has 1 atom stereocenters. The number of hydrogen-bond donors (Lipinski definition) is 0. The lowest BCUT2D eigenvalue weighted by Gasteiger charge is -2.13. The quantitative estimate of drug-likeness (QED) is 0.781. The van der Waals surface area contributed by atoms with Crippen LogP contribution in [-0.2, 0) is 11.0 Å². The van der Waals surface area contributed by atoms with Gasteiger partial charge in [0.15, 0.2) is 0 Å². The highest BCUT2D eigenvalue weighted by atomic mass is 32.2. The van der Waals surface area contributed by atoms with Gasteiger partial charge in [0, 0.05) is 17.8 Å². The van der Waals surface area contributed by atoms with Crippen molar-refractivity contribution in [3.63, 3.8) is 0 Å². The summed E-state index contributed by atoms with van der Waals surface area (Å²) in [5, 5.41) is 0. The van der Waals surface area contributed by atoms with E-state index >= 15 is 0 Å². The molecule has 17 heavy (non-hydrogen) atoms. The molecule has 0 aromatic heterocycles. The molecule has 94 valence electrons. The van der Waals surface area contributed by atoms with Gasteiger partial charge in [-0.25, -0.2) is 8.60 Å². The summed E-state index contributed by atoms with van der Waals surface area (Å²) >= 11 is 0. The first kappa shape index (κ1) is 13.8. The van der Waals surface area contributed by atoms with E-state index in [4.69, 9.17) is 4.74 Å². The van der Waals surface area contributed by atoms with Crippen molar-refractivity contribution in [1.29, 1.82) is 0 Å². The van der Waals surface area contributed by atoms with Gasteiger partial charge in [-0.3, -0.25) is 0 Å². The minimum atomic E-state index is -1.33. The molecule has 0 saturated carbocycles. The predicted octanol–water partition coefficient (Wildman–Crippen LogP) is 2.72. The van der Waals surface area contributed by atoms with Gasteiger partial charge < -0.3 is 4.74 Å². The summed E-state index contributed by atoms with van der Waals surface area (Å²) in [6.07, 6.45) is 1.44. The van der Waals surface area contributed by atoms with Gasteiger partial charge in [-0.05, 0) is 32.9 Å². The topological polar surface area (TPSA) is 38.7 Å². The first-order valence-electron chi connectivity index (χ1n) is 5.14. The Kier molecular flexibility index (Phi) is 4.40. The summed E-state index contributed by atoms with van der Waals surface area (Å²) in [7, 11) is 0.118. The highest BCUT2D eigenvalue weighted by Gasteiger charge is 2.18. The molecule has 1 rings (SSSR count). The molecule has 1 aromatic carbocycles. The molecule has 1 aromatic rings. The number of halogens is 1. The maximum atomic E-state index is 12.9. The van der Waals surface area contributed by atoms with Crippen LogP contribution in [0, 0.1) is 5.82 Å². The Morgan fingerprint density at radius 2 is 2.06 bits per heavy atom. The third-order valence-electron chi connectivity index (χ3n) is 2.01. The second kappa shape index (κ2) is 5.40. The van der Waals surface area contributed by atoms with Gasteiger partial charge in [0.2, 0.25) is 0 Å². The maximum Gasteiger partial charge on any atom is 0.144 e. The van der Waals surface area contributed by atoms with Crippen LogP contribution in [0.4, 0.5) is 4.39 Å². The standard InChI is InChI=1S/C12H16FNO2S/c1-12(2,3)17(15)14-8-9-5-6-10(13)7-11(9)16-4/h5-8H,1-4H3/b14-8+/t17-/m1/s1. The van der Waals surface area contributed by atoms with Crippen LogP contribution in [0.2, 0.25) is 0 Å². The number of rotatable bonds is 3. The number of benzene rings is 1. The summed E-state index contributed by atoms with van der Waals surface area (Å²) in [5.74, 6) is -0.00407. The van der Waals surface area contributed by atoms with Gasteiger partial charge in [0.1, 0.15) is 22.6 Å². The zero-order valence-electron chi connectivity index (χ0n) is 10.4. The Labute approximate surface area is 103 Å². The molecule has 0 radical (unpaired) electrons. The van der Waals surface area contributed by atoms with E-state index in [0.717, 1.165) is 0 Å². The van der Waals surface area contributed by atoms with Crippen LogP contribution in [0.1, 0.15) is 26.3 Å². The van der Waals surface area contributed by atoms with Crippen LogP contribution in [0.25, 0.3) is 0 Å². The molecule has 0 aliphatic carbocycles. The summed E-state index contributed by atoms with van der Waals surface area (Å²) in [5.41, 5.74) is 0.603. The molecule has 5 heteroatoms. The Morgan fingerprint density at radius 3 is 2.59 bits per heavy atom. The van der Waals surface area contributed by atoms with E-state index < -0.39 is 15.7 Å². The lowest BCUT2D eigenvalue weighted by molar-refractivity contribution is 0.410. The Balaban J connectivity index is 2.96. The summed E-state index contributed by atoms with van der Waals surface area (Å²) < 4.78 is 33.2. The molecule has 0 fully saturated rings. The largest absolute Gasteiger partial charge is 0.496 e. The van der Waals surface area contributed by atoms with Crippen molar-refractivity contribution in [3.05, 3.63) is 29.6 Å². The van der Waals surface area contributed by atoms with Crippen molar-refractivity contribution in [2.75, 3.05) is 7.11 Å². The lowest BCUT2D eigenvalue weighted by atomic mass is 10.2. The number of hydrogen-bond acceptors (Lipinski definition) is 2. The predicted molar refractivity (Wildman–Crippen MR) is 68.4 cm³/mol. The summed E-state index contributed by atoms with van der Waals surface area (Å²) in [4.78, 5) is 0. The van der Waals surface area contributed by atoms with E-state index in [1.165, 1.54) is 31.5 Å². The SMILES string of the molecule is COc1cc(F)ccc1/C=N/[S@](=O)C(C)(C)C. The van der Waals surface area contributed by atoms with E-state index in [2.05, 4.69) is 4.40 Å². The molecule has 0 aliphatic rings. The van der Waals surface area contributed by atoms with Gasteiger partial charge in [0.05, 0.1) is 11.9 Å². The third kappa shape index (κ3) is 3.93. The van der Waals surface area contributed by atoms with E-state index in [-0.39, 0.29) is 5.82 Å². The van der Waals surface area contributed by atoms with Gasteiger partial charge >= 0.3 is 0 Å². The maximum absolute atomic E-state index is 12.9. The second-order valence-corrected chi connectivity index (χ2v) is 6.42. The zero-order chi connectivity index (χ0) is 13.1. The number of ether oxygens (including phenoxy) is 1. The van der Waals surface area contributed by atoms with Crippen LogP contribution in [0.3, 0.4) is 0 Å². The Hall–Kier alpha value is -1.23. The van der Waals surface area contributed by atoms with Gasteiger partial charge in [0.25, 0.3) is 0 Å². The highest BCUT2D eigenvalue weighted by Crippen LogP contribution is 2.18. The molecule has 0 N–H and O–H groups in total. The molecular weight excluding hydrogens is 241 g/mol. The molecular formula is C12H16FNO2S. The molecule has 0 heterocycles. The van der Waals surface area contributed by atoms with Gasteiger partial charge in [-0.1, -0.05) is 0 Å². The highest BCUT2D eigenvalue weighted by molar-refractivity contribution is 7.85. The van der Waals surface area contributed by atoms with Gasteiger partial charge in [-0.15, -0.1) is 0 Å². The fourth-order valence-corrected chi connectivity index (χ4v) is 1.58. The minimum absolute atomic E-state index is 0.375. The first-order chi connectivity index (χ1) is 7.84. The van der Waals surface area contributed by atoms with Crippen LogP contribution >= 0.6 is 0 Å². The Morgan fingerprint density at radius 1 is 1.41 bits per heavy atom. The fraction of sp³-hybridized carbons (Fsp3) is 0.417. The summed E-state index contributed by atoms with van der Waals surface area (Å²) in [6.45, 7) is 5.51. The van der Waals surface area contributed by atoms with E-state index in [0.29, 0.717) is 11.3 Å². The van der Waals surface area contributed by atoms with E-state index in [1.54, 1.807) is 0 Å². The van der Waals surface area contributed by atoms with Crippen molar-refractivity contribution >= 4 is 17.2 Å². The molecule has 3 nitrogen and oxygen atoms in total. The van der Waals surface area contributed by atoms with Crippen molar-refractivity contribution in [2.24, 2.45) is 4.40 Å². The van der Waals surface area contributed by atoms with Crippen molar-refractivity contribution in [1.82, 2.24) is 0 Å². The first-order valence-corrected chi connectivity index (χ1v) is 6.25. The number of methoxy groups -OCH3 is 1. The summed E-state index contributed by atoms with van der Waals surface area (Å²) in [6, 6.07) is 4.11. The van der Waals surface area contributed by atoms with Crippen molar-refractivity contribution in [3.8, 4) is 5.75 Å². The van der Waals surface area contributed by atoms with E-state index in [9.17, 15) is 8.60 Å². The van der Waals surface area contributed by atoms with Crippen molar-refractivity contribution in [2.45, 2.75) is 25.5 Å². The van der Waals surface area contributed by atoms with E-state index in [1.807, 2.05) is 20.8 Å².